The van der Waals surface area contributed by atoms with Crippen LogP contribution in [0, 0.1) is 0 Å². The van der Waals surface area contributed by atoms with Crippen LogP contribution in [0.4, 0.5) is 5.69 Å². The van der Waals surface area contributed by atoms with Crippen LogP contribution in [0.3, 0.4) is 0 Å². The van der Waals surface area contributed by atoms with Gasteiger partial charge in [0.15, 0.2) is 0 Å². The van der Waals surface area contributed by atoms with E-state index in [0.29, 0.717) is 34.8 Å². The molecule has 1 aromatic carbocycles. The zero-order valence-corrected chi connectivity index (χ0v) is 11.3. The Morgan fingerprint density at radius 2 is 2.31 bits per heavy atom. The smallest absolute Gasteiger partial charge is 0.225 e. The summed E-state index contributed by atoms with van der Waals surface area (Å²) in [6, 6.07) is 5.15. The van der Waals surface area contributed by atoms with Crippen molar-refractivity contribution in [2.24, 2.45) is 0 Å². The van der Waals surface area contributed by atoms with Gasteiger partial charge in [-0.05, 0) is 25.1 Å². The van der Waals surface area contributed by atoms with Crippen LogP contribution in [0.2, 0.25) is 5.02 Å². The molecule has 0 unspecified atom stereocenters. The van der Waals surface area contributed by atoms with Crippen molar-refractivity contribution in [3.63, 3.8) is 0 Å². The number of carbonyl (C=O) groups is 1. The molecule has 0 aliphatic carbocycles. The van der Waals surface area contributed by atoms with Gasteiger partial charge in [-0.15, -0.1) is 0 Å². The summed E-state index contributed by atoms with van der Waals surface area (Å²) in [5.41, 5.74) is 0.611. The zero-order chi connectivity index (χ0) is 12.0. The van der Waals surface area contributed by atoms with Crippen molar-refractivity contribution in [1.29, 1.82) is 0 Å². The van der Waals surface area contributed by atoms with Crippen LogP contribution in [0.5, 0.6) is 5.75 Å². The van der Waals surface area contributed by atoms with E-state index in [1.165, 1.54) is 0 Å². The van der Waals surface area contributed by atoms with Gasteiger partial charge in [-0.25, -0.2) is 0 Å². The van der Waals surface area contributed by atoms with E-state index in [1.807, 2.05) is 6.92 Å². The van der Waals surface area contributed by atoms with Gasteiger partial charge in [0.1, 0.15) is 5.75 Å². The Labute approximate surface area is 108 Å². The molecule has 0 atom stereocenters. The highest BCUT2D eigenvalue weighted by Crippen LogP contribution is 2.28. The number of benzene rings is 1. The maximum absolute atomic E-state index is 11.4. The zero-order valence-electron chi connectivity index (χ0n) is 8.93. The van der Waals surface area contributed by atoms with Gasteiger partial charge in [-0.1, -0.05) is 27.5 Å². The second-order valence-corrected chi connectivity index (χ2v) is 4.29. The summed E-state index contributed by atoms with van der Waals surface area (Å²) >= 11 is 9.07. The number of ether oxygens (including phenoxy) is 1. The number of alkyl halides is 1. The Hall–Kier alpha value is -0.740. The van der Waals surface area contributed by atoms with Gasteiger partial charge in [-0.3, -0.25) is 4.79 Å². The monoisotopic (exact) mass is 305 g/mol. The van der Waals surface area contributed by atoms with E-state index in [2.05, 4.69) is 21.2 Å². The highest BCUT2D eigenvalue weighted by Gasteiger charge is 2.07. The summed E-state index contributed by atoms with van der Waals surface area (Å²) < 4.78 is 5.39. The van der Waals surface area contributed by atoms with E-state index < -0.39 is 0 Å². The first kappa shape index (κ1) is 13.3. The van der Waals surface area contributed by atoms with Crippen LogP contribution in [0.25, 0.3) is 0 Å². The van der Waals surface area contributed by atoms with E-state index in [0.717, 1.165) is 0 Å². The molecule has 0 aliphatic rings. The first-order valence-corrected chi connectivity index (χ1v) is 6.45. The molecule has 1 amide bonds. The Morgan fingerprint density at radius 3 is 2.94 bits per heavy atom. The molecule has 16 heavy (non-hydrogen) atoms. The van der Waals surface area contributed by atoms with Gasteiger partial charge < -0.3 is 10.1 Å². The molecule has 1 rings (SSSR count). The molecule has 5 heteroatoms. The first-order chi connectivity index (χ1) is 7.67. The lowest BCUT2D eigenvalue weighted by Gasteiger charge is -2.11. The van der Waals surface area contributed by atoms with Crippen LogP contribution >= 0.6 is 27.5 Å². The molecular formula is C11H13BrClNO2. The minimum absolute atomic E-state index is 0.0694. The second-order valence-electron chi connectivity index (χ2n) is 3.06. The number of hydrogen-bond acceptors (Lipinski definition) is 2. The van der Waals surface area contributed by atoms with Crippen LogP contribution in [0.1, 0.15) is 13.3 Å². The fourth-order valence-electron chi connectivity index (χ4n) is 1.18. The third-order valence-corrected chi connectivity index (χ3v) is 2.47. The van der Waals surface area contributed by atoms with Gasteiger partial charge in [0, 0.05) is 16.8 Å². The number of hydrogen-bond donors (Lipinski definition) is 1. The fraction of sp³-hybridized carbons (Fsp3) is 0.364. The molecule has 88 valence electrons. The lowest BCUT2D eigenvalue weighted by molar-refractivity contribution is -0.115. The number of carbonyl (C=O) groups excluding carboxylic acids is 1. The van der Waals surface area contributed by atoms with Gasteiger partial charge >= 0.3 is 0 Å². The third-order valence-electron chi connectivity index (χ3n) is 1.84. The molecule has 0 aromatic heterocycles. The normalized spacial score (nSPS) is 9.94. The molecule has 0 saturated heterocycles. The molecule has 0 saturated carbocycles. The Kier molecular flexibility index (Phi) is 5.63. The maximum Gasteiger partial charge on any atom is 0.225 e. The SMILES string of the molecule is CCOc1ccc(Cl)cc1NC(=O)CCBr. The number of rotatable bonds is 5. The maximum atomic E-state index is 11.4. The standard InChI is InChI=1S/C11H13BrClNO2/c1-2-16-10-4-3-8(13)7-9(10)14-11(15)5-6-12/h3-4,7H,2,5-6H2,1H3,(H,14,15). The van der Waals surface area contributed by atoms with Crippen molar-refractivity contribution in [2.75, 3.05) is 17.3 Å². The van der Waals surface area contributed by atoms with Crippen molar-refractivity contribution in [3.05, 3.63) is 23.2 Å². The van der Waals surface area contributed by atoms with Crippen molar-refractivity contribution in [1.82, 2.24) is 0 Å². The van der Waals surface area contributed by atoms with Crippen LogP contribution < -0.4 is 10.1 Å². The average molecular weight is 307 g/mol. The van der Waals surface area contributed by atoms with Gasteiger partial charge in [0.25, 0.3) is 0 Å². The van der Waals surface area contributed by atoms with E-state index >= 15 is 0 Å². The van der Waals surface area contributed by atoms with Gasteiger partial charge in [0.2, 0.25) is 5.91 Å². The van der Waals surface area contributed by atoms with E-state index in [9.17, 15) is 4.79 Å². The number of anilines is 1. The van der Waals surface area contributed by atoms with Crippen molar-refractivity contribution < 1.29 is 9.53 Å². The molecule has 0 heterocycles. The highest BCUT2D eigenvalue weighted by atomic mass is 79.9. The summed E-state index contributed by atoms with van der Waals surface area (Å²) in [4.78, 5) is 11.4. The van der Waals surface area contributed by atoms with E-state index in [1.54, 1.807) is 18.2 Å². The Morgan fingerprint density at radius 1 is 1.56 bits per heavy atom. The van der Waals surface area contributed by atoms with Crippen molar-refractivity contribution >= 4 is 39.1 Å². The van der Waals surface area contributed by atoms with Gasteiger partial charge in [-0.2, -0.15) is 0 Å². The fourth-order valence-corrected chi connectivity index (χ4v) is 1.71. The number of amides is 1. The summed E-state index contributed by atoms with van der Waals surface area (Å²) in [5, 5.41) is 3.95. The summed E-state index contributed by atoms with van der Waals surface area (Å²) in [6.45, 7) is 2.43. The summed E-state index contributed by atoms with van der Waals surface area (Å²) in [5.74, 6) is 0.565. The first-order valence-electron chi connectivity index (χ1n) is 4.95. The minimum Gasteiger partial charge on any atom is -0.492 e. The molecule has 0 aliphatic heterocycles. The molecule has 1 N–H and O–H groups in total. The molecule has 1 aromatic rings. The van der Waals surface area contributed by atoms with Crippen molar-refractivity contribution in [3.8, 4) is 5.75 Å². The van der Waals surface area contributed by atoms with Crippen molar-refractivity contribution in [2.45, 2.75) is 13.3 Å². The molecule has 0 spiro atoms. The predicted octanol–water partition coefficient (Wildman–Crippen LogP) is 3.46. The third kappa shape index (κ3) is 4.02. The van der Waals surface area contributed by atoms with Gasteiger partial charge in [0.05, 0.1) is 12.3 Å². The Balaban J connectivity index is 2.82. The summed E-state index contributed by atoms with van der Waals surface area (Å²) in [7, 11) is 0. The van der Waals surface area contributed by atoms with Crippen LogP contribution in [0.15, 0.2) is 18.2 Å². The van der Waals surface area contributed by atoms with Crippen LogP contribution in [-0.2, 0) is 4.79 Å². The highest BCUT2D eigenvalue weighted by molar-refractivity contribution is 9.09. The second kappa shape index (κ2) is 6.76. The topological polar surface area (TPSA) is 38.3 Å². The van der Waals surface area contributed by atoms with E-state index in [-0.39, 0.29) is 5.91 Å². The lowest BCUT2D eigenvalue weighted by atomic mass is 10.3. The molecular weight excluding hydrogens is 293 g/mol. The predicted molar refractivity (Wildman–Crippen MR) is 69.7 cm³/mol. The van der Waals surface area contributed by atoms with Crippen LogP contribution in [-0.4, -0.2) is 17.8 Å². The quantitative estimate of drug-likeness (QED) is 0.846. The molecule has 0 bridgehead atoms. The number of halogens is 2. The van der Waals surface area contributed by atoms with E-state index in [4.69, 9.17) is 16.3 Å². The molecule has 0 radical (unpaired) electrons. The summed E-state index contributed by atoms with van der Waals surface area (Å²) in [6.07, 6.45) is 0.415. The largest absolute Gasteiger partial charge is 0.492 e. The molecule has 0 fully saturated rings. The lowest BCUT2D eigenvalue weighted by Crippen LogP contribution is -2.12. The average Bonchev–Trinajstić information content (AvgIpc) is 2.22. The molecule has 3 nitrogen and oxygen atoms in total. The minimum atomic E-state index is -0.0694. The number of nitrogens with one attached hydrogen (secondary N) is 1. The Bertz CT molecular complexity index is 371.